The summed E-state index contributed by atoms with van der Waals surface area (Å²) in [5.41, 5.74) is 1.77. The molecule has 0 aliphatic carbocycles. The van der Waals surface area contributed by atoms with E-state index in [0.29, 0.717) is 0 Å². The van der Waals surface area contributed by atoms with E-state index in [1.807, 2.05) is 25.1 Å². The van der Waals surface area contributed by atoms with Gasteiger partial charge in [0, 0.05) is 17.1 Å². The van der Waals surface area contributed by atoms with Crippen molar-refractivity contribution in [2.75, 3.05) is 18.6 Å². The zero-order valence-corrected chi connectivity index (χ0v) is 9.84. The second-order valence-corrected chi connectivity index (χ2v) is 6.27. The Morgan fingerprint density at radius 3 is 2.67 bits per heavy atom. The van der Waals surface area contributed by atoms with Crippen LogP contribution in [0, 0.1) is 6.92 Å². The molecule has 0 bridgehead atoms. The molecule has 0 saturated carbocycles. The van der Waals surface area contributed by atoms with Crippen molar-refractivity contribution in [3.05, 3.63) is 23.8 Å². The fourth-order valence-electron chi connectivity index (χ4n) is 1.58. The van der Waals surface area contributed by atoms with Gasteiger partial charge in [0.15, 0.2) is 0 Å². The van der Waals surface area contributed by atoms with Crippen LogP contribution in [0.5, 0.6) is 5.75 Å². The first-order chi connectivity index (χ1) is 7.14. The third-order valence-electron chi connectivity index (χ3n) is 2.67. The van der Waals surface area contributed by atoms with Crippen LogP contribution in [-0.2, 0) is 9.73 Å². The summed E-state index contributed by atoms with van der Waals surface area (Å²) in [6.45, 7) is 1.94. The zero-order chi connectivity index (χ0) is 10.9. The molecule has 1 fully saturated rings. The van der Waals surface area contributed by atoms with Gasteiger partial charge in [0.2, 0.25) is 0 Å². The van der Waals surface area contributed by atoms with Crippen LogP contribution in [0.2, 0.25) is 0 Å². The second-order valence-electron chi connectivity index (χ2n) is 3.73. The molecule has 2 rings (SSSR count). The highest BCUT2D eigenvalue weighted by Gasteiger charge is 2.19. The van der Waals surface area contributed by atoms with Gasteiger partial charge in [-0.05, 0) is 25.5 Å². The summed E-state index contributed by atoms with van der Waals surface area (Å²) in [6.07, 6.45) is 1.03. The molecule has 0 radical (unpaired) electrons. The van der Waals surface area contributed by atoms with E-state index in [1.165, 1.54) is 0 Å². The third kappa shape index (κ3) is 2.00. The molecule has 3 nitrogen and oxygen atoms in total. The predicted molar refractivity (Wildman–Crippen MR) is 62.3 cm³/mol. The maximum Gasteiger partial charge on any atom is 0.123 e. The summed E-state index contributed by atoms with van der Waals surface area (Å²) in [5, 5.41) is 0. The van der Waals surface area contributed by atoms with Crippen LogP contribution in [-0.4, -0.2) is 22.8 Å². The number of nitrogens with zero attached hydrogens (tertiary/aromatic N) is 1. The monoisotopic (exact) mass is 225 g/mol. The predicted octanol–water partition coefficient (Wildman–Crippen LogP) is 2.51. The van der Waals surface area contributed by atoms with Gasteiger partial charge in [0.25, 0.3) is 0 Å². The van der Waals surface area contributed by atoms with Crippen molar-refractivity contribution in [1.82, 2.24) is 0 Å². The molecule has 4 heteroatoms. The van der Waals surface area contributed by atoms with E-state index in [4.69, 9.17) is 4.74 Å². The summed E-state index contributed by atoms with van der Waals surface area (Å²) >= 11 is 0. The molecule has 0 spiro atoms. The Balaban J connectivity index is 2.45. The minimum absolute atomic E-state index is 0.740. The van der Waals surface area contributed by atoms with Crippen LogP contribution in [0.15, 0.2) is 22.6 Å². The summed E-state index contributed by atoms with van der Waals surface area (Å²) in [4.78, 5) is 0. The van der Waals surface area contributed by atoms with Crippen LogP contribution in [0.1, 0.15) is 12.0 Å². The van der Waals surface area contributed by atoms with Gasteiger partial charge in [0.1, 0.15) is 5.75 Å². The lowest BCUT2D eigenvalue weighted by atomic mass is 10.2. The highest BCUT2D eigenvalue weighted by atomic mass is 32.2. The van der Waals surface area contributed by atoms with Crippen molar-refractivity contribution in [2.24, 2.45) is 4.36 Å². The van der Waals surface area contributed by atoms with Crippen molar-refractivity contribution in [3.8, 4) is 5.75 Å². The fourth-order valence-corrected chi connectivity index (χ4v) is 3.11. The minimum atomic E-state index is -1.92. The van der Waals surface area contributed by atoms with Gasteiger partial charge in [-0.3, -0.25) is 0 Å². The second kappa shape index (κ2) is 3.85. The number of hydrogen-bond donors (Lipinski definition) is 0. The molecule has 82 valence electrons. The largest absolute Gasteiger partial charge is 0.496 e. The Hall–Kier alpha value is -1.03. The smallest absolute Gasteiger partial charge is 0.123 e. The maximum absolute atomic E-state index is 12.0. The van der Waals surface area contributed by atoms with E-state index in [-0.39, 0.29) is 0 Å². The van der Waals surface area contributed by atoms with E-state index < -0.39 is 9.73 Å². The molecule has 1 saturated heterocycles. The van der Waals surface area contributed by atoms with Gasteiger partial charge in [0.05, 0.1) is 22.5 Å². The first kappa shape index (κ1) is 10.5. The Labute approximate surface area is 90.6 Å². The first-order valence-corrected chi connectivity index (χ1v) is 6.86. The topological polar surface area (TPSA) is 38.7 Å². The van der Waals surface area contributed by atoms with Gasteiger partial charge in [-0.1, -0.05) is 6.07 Å². The molecule has 15 heavy (non-hydrogen) atoms. The fraction of sp³-hybridized carbons (Fsp3) is 0.455. The van der Waals surface area contributed by atoms with E-state index >= 15 is 0 Å². The van der Waals surface area contributed by atoms with Gasteiger partial charge in [-0.2, -0.15) is 4.36 Å². The molecule has 0 aromatic heterocycles. The lowest BCUT2D eigenvalue weighted by molar-refractivity contribution is 0.412. The van der Waals surface area contributed by atoms with Crippen molar-refractivity contribution in [2.45, 2.75) is 13.3 Å². The Morgan fingerprint density at radius 1 is 1.40 bits per heavy atom. The summed E-state index contributed by atoms with van der Waals surface area (Å²) in [5.74, 6) is 2.28. The van der Waals surface area contributed by atoms with Crippen molar-refractivity contribution in [3.63, 3.8) is 0 Å². The van der Waals surface area contributed by atoms with Crippen LogP contribution < -0.4 is 4.74 Å². The number of hydrogen-bond acceptors (Lipinski definition) is 3. The summed E-state index contributed by atoms with van der Waals surface area (Å²) < 4.78 is 21.5. The molecule has 0 amide bonds. The number of benzene rings is 1. The molecule has 1 aliphatic rings. The standard InChI is InChI=1S/C11H15NO2S/c1-9-10(5-3-6-11(9)14-2)12-15(13)7-4-8-15/h3,5-6H,4,7-8H2,1-2H3. The molecular weight excluding hydrogens is 210 g/mol. The SMILES string of the molecule is COc1cccc(N=S2(=O)CCC2)c1C. The van der Waals surface area contributed by atoms with Crippen LogP contribution in [0.25, 0.3) is 0 Å². The van der Waals surface area contributed by atoms with E-state index in [2.05, 4.69) is 4.36 Å². The third-order valence-corrected chi connectivity index (χ3v) is 5.05. The molecule has 1 heterocycles. The first-order valence-electron chi connectivity index (χ1n) is 5.01. The molecule has 0 N–H and O–H groups in total. The lowest BCUT2D eigenvalue weighted by Gasteiger charge is -2.18. The summed E-state index contributed by atoms with van der Waals surface area (Å²) in [7, 11) is -0.286. The number of ether oxygens (including phenoxy) is 1. The lowest BCUT2D eigenvalue weighted by Crippen LogP contribution is -2.23. The highest BCUT2D eigenvalue weighted by Crippen LogP contribution is 2.30. The molecular formula is C11H15NO2S. The van der Waals surface area contributed by atoms with Gasteiger partial charge >= 0.3 is 0 Å². The summed E-state index contributed by atoms with van der Waals surface area (Å²) in [6, 6.07) is 5.66. The van der Waals surface area contributed by atoms with E-state index in [9.17, 15) is 4.21 Å². The highest BCUT2D eigenvalue weighted by molar-refractivity contribution is 7.95. The van der Waals surface area contributed by atoms with Gasteiger partial charge in [-0.25, -0.2) is 4.21 Å². The number of rotatable bonds is 2. The maximum atomic E-state index is 12.0. The van der Waals surface area contributed by atoms with E-state index in [0.717, 1.165) is 34.9 Å². The molecule has 0 atom stereocenters. The molecule has 1 aromatic rings. The van der Waals surface area contributed by atoms with Crippen molar-refractivity contribution in [1.29, 1.82) is 0 Å². The normalized spacial score (nSPS) is 18.0. The van der Waals surface area contributed by atoms with Crippen LogP contribution in [0.4, 0.5) is 5.69 Å². The quantitative estimate of drug-likeness (QED) is 0.775. The van der Waals surface area contributed by atoms with Crippen molar-refractivity contribution >= 4 is 15.4 Å². The van der Waals surface area contributed by atoms with E-state index in [1.54, 1.807) is 7.11 Å². The van der Waals surface area contributed by atoms with Crippen LogP contribution >= 0.6 is 0 Å². The zero-order valence-electron chi connectivity index (χ0n) is 9.03. The van der Waals surface area contributed by atoms with Crippen molar-refractivity contribution < 1.29 is 8.95 Å². The Morgan fingerprint density at radius 2 is 2.13 bits per heavy atom. The van der Waals surface area contributed by atoms with Gasteiger partial charge in [-0.15, -0.1) is 0 Å². The van der Waals surface area contributed by atoms with Crippen LogP contribution in [0.3, 0.4) is 0 Å². The minimum Gasteiger partial charge on any atom is -0.496 e. The average Bonchev–Trinajstić information content (AvgIpc) is 2.19. The Kier molecular flexibility index (Phi) is 2.69. The average molecular weight is 225 g/mol. The Bertz CT molecular complexity index is 477. The molecule has 1 aliphatic heterocycles. The molecule has 1 aromatic carbocycles. The number of methoxy groups -OCH3 is 1. The molecule has 0 unspecified atom stereocenters. The van der Waals surface area contributed by atoms with Gasteiger partial charge < -0.3 is 4.74 Å².